The first-order valence-electron chi connectivity index (χ1n) is 8.49. The van der Waals surface area contributed by atoms with Gasteiger partial charge >= 0.3 is 0 Å². The first kappa shape index (κ1) is 16.7. The summed E-state index contributed by atoms with van der Waals surface area (Å²) in [7, 11) is 0. The molecule has 6 nitrogen and oxygen atoms in total. The van der Waals surface area contributed by atoms with Crippen LogP contribution in [0.2, 0.25) is 0 Å². The zero-order valence-electron chi connectivity index (χ0n) is 14.1. The third kappa shape index (κ3) is 3.57. The number of benzene rings is 2. The number of carbonyl (C=O) groups excluding carboxylic acids is 2. The van der Waals surface area contributed by atoms with Crippen LogP contribution in [0.5, 0.6) is 0 Å². The van der Waals surface area contributed by atoms with Gasteiger partial charge in [-0.2, -0.15) is 8.75 Å². The minimum Gasteiger partial charge on any atom is -0.350 e. The van der Waals surface area contributed by atoms with E-state index in [1.54, 1.807) is 4.90 Å². The molecule has 2 aromatic carbocycles. The second-order valence-electron chi connectivity index (χ2n) is 6.45. The van der Waals surface area contributed by atoms with E-state index in [1.165, 1.54) is 11.7 Å². The summed E-state index contributed by atoms with van der Waals surface area (Å²) < 4.78 is 8.36. The van der Waals surface area contributed by atoms with Crippen molar-refractivity contribution in [2.24, 2.45) is 0 Å². The molecule has 26 heavy (non-hydrogen) atoms. The van der Waals surface area contributed by atoms with Gasteiger partial charge in [0.25, 0.3) is 0 Å². The topological polar surface area (TPSA) is 75.2 Å². The number of likely N-dealkylation sites (tertiary alicyclic amines) is 1. The third-order valence-electron chi connectivity index (χ3n) is 4.63. The van der Waals surface area contributed by atoms with Crippen molar-refractivity contribution in [2.75, 3.05) is 13.1 Å². The summed E-state index contributed by atoms with van der Waals surface area (Å²) >= 11 is 1.17. The van der Waals surface area contributed by atoms with Crippen molar-refractivity contribution in [1.82, 2.24) is 19.0 Å². The van der Waals surface area contributed by atoms with Gasteiger partial charge in [0.05, 0.1) is 18.3 Å². The lowest BCUT2D eigenvalue weighted by molar-refractivity contribution is -0.133. The van der Waals surface area contributed by atoms with Gasteiger partial charge in [0.2, 0.25) is 11.8 Å². The monoisotopic (exact) mass is 366 g/mol. The van der Waals surface area contributed by atoms with E-state index in [0.717, 1.165) is 22.2 Å². The van der Waals surface area contributed by atoms with Crippen LogP contribution < -0.4 is 5.32 Å². The normalized spacial score (nSPS) is 17.0. The fourth-order valence-corrected chi connectivity index (χ4v) is 3.76. The minimum absolute atomic E-state index is 0.0315. The van der Waals surface area contributed by atoms with Gasteiger partial charge in [-0.25, -0.2) is 0 Å². The van der Waals surface area contributed by atoms with E-state index >= 15 is 0 Å². The molecule has 3 aromatic rings. The number of carbonyl (C=O) groups is 2. The molecule has 1 aliphatic rings. The molecule has 2 heterocycles. The molecule has 2 amide bonds. The number of fused-ring (bicyclic) bond motifs is 1. The van der Waals surface area contributed by atoms with Crippen molar-refractivity contribution < 1.29 is 9.59 Å². The smallest absolute Gasteiger partial charge is 0.239 e. The molecule has 0 spiro atoms. The molecule has 0 radical (unpaired) electrons. The van der Waals surface area contributed by atoms with Crippen molar-refractivity contribution in [3.63, 3.8) is 0 Å². The molecule has 0 saturated carbocycles. The second kappa shape index (κ2) is 7.21. The maximum Gasteiger partial charge on any atom is 0.239 e. The molecule has 1 fully saturated rings. The van der Waals surface area contributed by atoms with Gasteiger partial charge in [0, 0.05) is 25.4 Å². The number of aromatic nitrogens is 2. The number of hydrogen-bond acceptors (Lipinski definition) is 5. The fourth-order valence-electron chi connectivity index (χ4n) is 3.24. The number of rotatable bonds is 5. The first-order valence-corrected chi connectivity index (χ1v) is 9.23. The lowest BCUT2D eigenvalue weighted by Crippen LogP contribution is -2.37. The number of nitrogens with one attached hydrogen (secondary N) is 1. The Morgan fingerprint density at radius 2 is 1.96 bits per heavy atom. The van der Waals surface area contributed by atoms with Crippen LogP contribution in [0.1, 0.15) is 23.5 Å². The van der Waals surface area contributed by atoms with E-state index in [2.05, 4.69) is 14.1 Å². The Morgan fingerprint density at radius 3 is 2.81 bits per heavy atom. The lowest BCUT2D eigenvalue weighted by Gasteiger charge is -2.16. The van der Waals surface area contributed by atoms with Crippen LogP contribution in [0.3, 0.4) is 0 Å². The van der Waals surface area contributed by atoms with Gasteiger partial charge in [0.15, 0.2) is 0 Å². The van der Waals surface area contributed by atoms with Crippen molar-refractivity contribution >= 4 is 34.6 Å². The van der Waals surface area contributed by atoms with Crippen LogP contribution in [0.4, 0.5) is 0 Å². The standard InChI is InChI=1S/C19H18N4O2S/c24-18(20-10-13-6-7-16-17(8-13)22-26-21-16)12-23-11-15(9-19(23)25)14-4-2-1-3-5-14/h1-8,15H,9-12H2,(H,20,24). The van der Waals surface area contributed by atoms with Crippen molar-refractivity contribution in [3.8, 4) is 0 Å². The molecule has 0 bridgehead atoms. The van der Waals surface area contributed by atoms with Crippen LogP contribution in [0.25, 0.3) is 11.0 Å². The van der Waals surface area contributed by atoms with Crippen LogP contribution in [0.15, 0.2) is 48.5 Å². The Hall–Kier alpha value is -2.80. The molecule has 1 aromatic heterocycles. The Labute approximate surface area is 155 Å². The average molecular weight is 366 g/mol. The summed E-state index contributed by atoms with van der Waals surface area (Å²) in [5, 5.41) is 2.88. The summed E-state index contributed by atoms with van der Waals surface area (Å²) in [6.45, 7) is 1.10. The molecule has 1 aliphatic heterocycles. The van der Waals surface area contributed by atoms with E-state index in [9.17, 15) is 9.59 Å². The summed E-state index contributed by atoms with van der Waals surface area (Å²) in [5.74, 6) is 0.0450. The molecular formula is C19H18N4O2S. The van der Waals surface area contributed by atoms with Gasteiger partial charge in [-0.3, -0.25) is 9.59 Å². The maximum absolute atomic E-state index is 12.2. The second-order valence-corrected chi connectivity index (χ2v) is 6.98. The highest BCUT2D eigenvalue weighted by atomic mass is 32.1. The highest BCUT2D eigenvalue weighted by Gasteiger charge is 2.31. The van der Waals surface area contributed by atoms with Crippen LogP contribution >= 0.6 is 11.7 Å². The molecular weight excluding hydrogens is 348 g/mol. The maximum atomic E-state index is 12.2. The Balaban J connectivity index is 1.32. The summed E-state index contributed by atoms with van der Waals surface area (Å²) in [4.78, 5) is 26.1. The molecule has 1 N–H and O–H groups in total. The Bertz CT molecular complexity index is 941. The van der Waals surface area contributed by atoms with Crippen LogP contribution in [-0.4, -0.2) is 38.6 Å². The molecule has 1 unspecified atom stereocenters. The van der Waals surface area contributed by atoms with Crippen molar-refractivity contribution in [1.29, 1.82) is 0 Å². The van der Waals surface area contributed by atoms with Gasteiger partial charge in [0.1, 0.15) is 11.0 Å². The van der Waals surface area contributed by atoms with E-state index in [0.29, 0.717) is 19.5 Å². The summed E-state index contributed by atoms with van der Waals surface area (Å²) in [5.41, 5.74) is 3.81. The van der Waals surface area contributed by atoms with E-state index in [-0.39, 0.29) is 24.3 Å². The highest BCUT2D eigenvalue weighted by Crippen LogP contribution is 2.27. The van der Waals surface area contributed by atoms with Gasteiger partial charge in [-0.15, -0.1) is 0 Å². The van der Waals surface area contributed by atoms with Gasteiger partial charge in [-0.05, 0) is 23.3 Å². The Kier molecular flexibility index (Phi) is 4.62. The Morgan fingerprint density at radius 1 is 1.15 bits per heavy atom. The molecule has 1 atom stereocenters. The van der Waals surface area contributed by atoms with Gasteiger partial charge < -0.3 is 10.2 Å². The van der Waals surface area contributed by atoms with E-state index in [4.69, 9.17) is 0 Å². The molecule has 0 aliphatic carbocycles. The average Bonchev–Trinajstić information content (AvgIpc) is 3.27. The number of nitrogens with zero attached hydrogens (tertiary/aromatic N) is 3. The summed E-state index contributed by atoms with van der Waals surface area (Å²) in [6.07, 6.45) is 0.463. The molecule has 4 rings (SSSR count). The predicted octanol–water partition coefficient (Wildman–Crippen LogP) is 2.32. The quantitative estimate of drug-likeness (QED) is 0.752. The number of hydrogen-bond donors (Lipinski definition) is 1. The molecule has 1 saturated heterocycles. The first-order chi connectivity index (χ1) is 12.7. The minimum atomic E-state index is -0.149. The van der Waals surface area contributed by atoms with Crippen molar-refractivity contribution in [3.05, 3.63) is 59.7 Å². The number of amides is 2. The predicted molar refractivity (Wildman–Crippen MR) is 99.6 cm³/mol. The van der Waals surface area contributed by atoms with E-state index in [1.807, 2.05) is 48.5 Å². The third-order valence-corrected chi connectivity index (χ3v) is 5.18. The van der Waals surface area contributed by atoms with Gasteiger partial charge in [-0.1, -0.05) is 36.4 Å². The van der Waals surface area contributed by atoms with Crippen molar-refractivity contribution in [2.45, 2.75) is 18.9 Å². The highest BCUT2D eigenvalue weighted by molar-refractivity contribution is 7.00. The zero-order valence-corrected chi connectivity index (χ0v) is 14.9. The lowest BCUT2D eigenvalue weighted by atomic mass is 9.99. The summed E-state index contributed by atoms with van der Waals surface area (Å²) in [6, 6.07) is 15.7. The van der Waals surface area contributed by atoms with Crippen LogP contribution in [0, 0.1) is 0 Å². The molecule has 132 valence electrons. The fraction of sp³-hybridized carbons (Fsp3) is 0.263. The van der Waals surface area contributed by atoms with E-state index < -0.39 is 0 Å². The SMILES string of the molecule is O=C(CN1CC(c2ccccc2)CC1=O)NCc1ccc2nsnc2c1. The largest absolute Gasteiger partial charge is 0.350 e. The van der Waals surface area contributed by atoms with Crippen LogP contribution in [-0.2, 0) is 16.1 Å². The molecule has 7 heteroatoms. The zero-order chi connectivity index (χ0) is 17.9.